The van der Waals surface area contributed by atoms with Crippen LogP contribution >= 0.6 is 0 Å². The first kappa shape index (κ1) is 10.1. The summed E-state index contributed by atoms with van der Waals surface area (Å²) in [6.45, 7) is 0. The van der Waals surface area contributed by atoms with Gasteiger partial charge in [0.05, 0.1) is 0 Å². The number of phenols is 1. The number of nitrogens with zero attached hydrogens (tertiary/aromatic N) is 2. The van der Waals surface area contributed by atoms with Crippen molar-refractivity contribution < 1.29 is 15.0 Å². The summed E-state index contributed by atoms with van der Waals surface area (Å²) in [4.78, 5) is 10.9. The largest absolute Gasteiger partial charge is 0.505 e. The highest BCUT2D eigenvalue weighted by Gasteiger charge is 2.16. The zero-order chi connectivity index (χ0) is 11.7. The molecule has 0 bridgehead atoms. The van der Waals surface area contributed by atoms with Crippen LogP contribution in [-0.4, -0.2) is 16.2 Å². The average Bonchev–Trinajstić information content (AvgIpc) is 2.28. The van der Waals surface area contributed by atoms with Gasteiger partial charge in [0.1, 0.15) is 11.3 Å². The van der Waals surface area contributed by atoms with Crippen molar-refractivity contribution in [3.8, 4) is 5.75 Å². The molecule has 16 heavy (non-hydrogen) atoms. The van der Waals surface area contributed by atoms with E-state index in [1.54, 1.807) is 24.3 Å². The molecule has 1 radical (unpaired) electrons. The lowest BCUT2D eigenvalue weighted by Gasteiger charge is -2.06. The minimum absolute atomic E-state index is 0.129. The molecule has 0 aromatic heterocycles. The van der Waals surface area contributed by atoms with E-state index < -0.39 is 11.7 Å². The Hall–Kier alpha value is -2.43. The van der Waals surface area contributed by atoms with Crippen molar-refractivity contribution in [3.05, 3.63) is 35.9 Å². The molecule has 0 saturated carbocycles. The van der Waals surface area contributed by atoms with Crippen molar-refractivity contribution in [2.45, 2.75) is 0 Å². The summed E-state index contributed by atoms with van der Waals surface area (Å²) in [5.74, 6) is -1.80. The first-order valence-electron chi connectivity index (χ1n) is 4.48. The molecule has 0 aliphatic carbocycles. The van der Waals surface area contributed by atoms with E-state index in [0.717, 1.165) is 0 Å². The number of aromatic carboxylic acids is 1. The van der Waals surface area contributed by atoms with Gasteiger partial charge in [-0.15, -0.1) is 5.11 Å². The van der Waals surface area contributed by atoms with Crippen LogP contribution in [0.15, 0.2) is 35.4 Å². The first-order valence-corrected chi connectivity index (χ1v) is 4.48. The van der Waals surface area contributed by atoms with E-state index in [2.05, 4.69) is 5.11 Å². The van der Waals surface area contributed by atoms with E-state index in [-0.39, 0.29) is 11.3 Å². The third-order valence-corrected chi connectivity index (χ3v) is 2.33. The Morgan fingerprint density at radius 2 is 2.00 bits per heavy atom. The second kappa shape index (κ2) is 3.62. The summed E-state index contributed by atoms with van der Waals surface area (Å²) < 4.78 is 0. The molecule has 2 aromatic carbocycles. The van der Waals surface area contributed by atoms with Crippen LogP contribution in [0.2, 0.25) is 0 Å². The van der Waals surface area contributed by atoms with Crippen molar-refractivity contribution in [2.24, 2.45) is 5.11 Å². The number of hydrogen-bond acceptors (Lipinski definition) is 3. The molecule has 2 N–H and O–H groups in total. The van der Waals surface area contributed by atoms with E-state index in [0.29, 0.717) is 10.8 Å². The van der Waals surface area contributed by atoms with E-state index in [4.69, 9.17) is 10.6 Å². The zero-order valence-corrected chi connectivity index (χ0v) is 8.08. The minimum atomic E-state index is -1.27. The molecule has 79 valence electrons. The maximum Gasteiger partial charge on any atom is 0.339 e. The van der Waals surface area contributed by atoms with Gasteiger partial charge in [0.25, 0.3) is 0 Å². The minimum Gasteiger partial charge on any atom is -0.505 e. The second-order valence-electron chi connectivity index (χ2n) is 3.25. The van der Waals surface area contributed by atoms with E-state index in [9.17, 15) is 9.90 Å². The van der Waals surface area contributed by atoms with Gasteiger partial charge in [-0.05, 0) is 17.0 Å². The summed E-state index contributed by atoms with van der Waals surface area (Å²) in [5.41, 5.74) is 8.38. The average molecular weight is 215 g/mol. The van der Waals surface area contributed by atoms with Crippen LogP contribution < -0.4 is 5.53 Å². The van der Waals surface area contributed by atoms with Gasteiger partial charge < -0.3 is 10.2 Å². The maximum atomic E-state index is 10.9. The van der Waals surface area contributed by atoms with Gasteiger partial charge >= 0.3 is 5.97 Å². The fourth-order valence-corrected chi connectivity index (χ4v) is 1.58. The number of carboxylic acid groups (broad SMARTS) is 1. The highest BCUT2D eigenvalue weighted by molar-refractivity contribution is 6.04. The lowest BCUT2D eigenvalue weighted by Crippen LogP contribution is -1.97. The first-order chi connectivity index (χ1) is 7.65. The molecule has 5 nitrogen and oxygen atoms in total. The number of rotatable bonds is 2. The van der Waals surface area contributed by atoms with Crippen molar-refractivity contribution in [1.82, 2.24) is 5.53 Å². The standard InChI is InChI=1S/C11H7N2O3/c12-13-9-7-4-2-1-3-6(7)5-8(10(9)14)11(15)16/h1-5,14H,(H,15,16). The van der Waals surface area contributed by atoms with Crippen LogP contribution in [0.1, 0.15) is 10.4 Å². The van der Waals surface area contributed by atoms with Gasteiger partial charge in [-0.25, -0.2) is 4.79 Å². The maximum absolute atomic E-state index is 10.9. The van der Waals surface area contributed by atoms with Gasteiger partial charge in [0.2, 0.25) is 0 Å². The SMILES string of the molecule is [N]=Nc1c(O)c(C(=O)O)cc2ccccc12. The molecular formula is C11H7N2O3. The Morgan fingerprint density at radius 3 is 2.62 bits per heavy atom. The molecule has 0 aliphatic heterocycles. The lowest BCUT2D eigenvalue weighted by atomic mass is 10.0. The molecule has 0 unspecified atom stereocenters. The topological polar surface area (TPSA) is 92.2 Å². The normalized spacial score (nSPS) is 10.2. The molecular weight excluding hydrogens is 208 g/mol. The van der Waals surface area contributed by atoms with Gasteiger partial charge in [-0.2, -0.15) is 0 Å². The van der Waals surface area contributed by atoms with Gasteiger partial charge in [0.15, 0.2) is 5.75 Å². The Morgan fingerprint density at radius 1 is 1.31 bits per heavy atom. The molecule has 0 heterocycles. The predicted molar refractivity (Wildman–Crippen MR) is 56.8 cm³/mol. The highest BCUT2D eigenvalue weighted by atomic mass is 16.4. The van der Waals surface area contributed by atoms with Crippen LogP contribution in [0.5, 0.6) is 5.75 Å². The number of fused-ring (bicyclic) bond motifs is 1. The van der Waals surface area contributed by atoms with Crippen LogP contribution in [0.3, 0.4) is 0 Å². The molecule has 2 aromatic rings. The van der Waals surface area contributed by atoms with Crippen LogP contribution in [-0.2, 0) is 0 Å². The number of aromatic hydroxyl groups is 1. The molecule has 0 atom stereocenters. The summed E-state index contributed by atoms with van der Waals surface area (Å²) >= 11 is 0. The third kappa shape index (κ3) is 1.38. The quantitative estimate of drug-likeness (QED) is 0.751. The number of hydrogen-bond donors (Lipinski definition) is 2. The van der Waals surface area contributed by atoms with E-state index >= 15 is 0 Å². The summed E-state index contributed by atoms with van der Waals surface area (Å²) in [7, 11) is 0. The Bertz CT molecular complexity index is 593. The number of carboxylic acids is 1. The molecule has 0 saturated heterocycles. The van der Waals surface area contributed by atoms with Crippen molar-refractivity contribution in [1.29, 1.82) is 0 Å². The second-order valence-corrected chi connectivity index (χ2v) is 3.25. The fraction of sp³-hybridized carbons (Fsp3) is 0. The van der Waals surface area contributed by atoms with Crippen LogP contribution in [0.4, 0.5) is 5.69 Å². The third-order valence-electron chi connectivity index (χ3n) is 2.33. The van der Waals surface area contributed by atoms with Crippen molar-refractivity contribution in [3.63, 3.8) is 0 Å². The summed E-state index contributed by atoms with van der Waals surface area (Å²) in [6, 6.07) is 8.08. The summed E-state index contributed by atoms with van der Waals surface area (Å²) in [6.07, 6.45) is 0. The molecule has 2 rings (SSSR count). The smallest absolute Gasteiger partial charge is 0.339 e. The molecule has 0 spiro atoms. The summed E-state index contributed by atoms with van der Waals surface area (Å²) in [5, 5.41) is 22.5. The van der Waals surface area contributed by atoms with Gasteiger partial charge in [-0.3, -0.25) is 0 Å². The zero-order valence-electron chi connectivity index (χ0n) is 8.08. The van der Waals surface area contributed by atoms with Crippen LogP contribution in [0.25, 0.3) is 10.8 Å². The molecule has 0 aliphatic rings. The van der Waals surface area contributed by atoms with Crippen molar-refractivity contribution in [2.75, 3.05) is 0 Å². The fourth-order valence-electron chi connectivity index (χ4n) is 1.58. The van der Waals surface area contributed by atoms with Gasteiger partial charge in [0, 0.05) is 5.39 Å². The Labute approximate surface area is 90.5 Å². The monoisotopic (exact) mass is 215 g/mol. The molecule has 0 amide bonds. The number of benzene rings is 2. The number of carbonyl (C=O) groups is 1. The Balaban J connectivity index is 2.93. The Kier molecular flexibility index (Phi) is 2.28. The molecule has 0 fully saturated rings. The van der Waals surface area contributed by atoms with Crippen molar-refractivity contribution >= 4 is 22.4 Å². The van der Waals surface area contributed by atoms with E-state index in [1.807, 2.05) is 0 Å². The lowest BCUT2D eigenvalue weighted by molar-refractivity contribution is 0.0694. The van der Waals surface area contributed by atoms with E-state index in [1.165, 1.54) is 6.07 Å². The van der Waals surface area contributed by atoms with Gasteiger partial charge in [-0.1, -0.05) is 24.3 Å². The van der Waals surface area contributed by atoms with Crippen LogP contribution in [0, 0.1) is 0 Å². The highest BCUT2D eigenvalue weighted by Crippen LogP contribution is 2.37. The molecule has 5 heteroatoms. The predicted octanol–water partition coefficient (Wildman–Crippen LogP) is 2.13.